The van der Waals surface area contributed by atoms with Crippen LogP contribution in [0.25, 0.3) is 0 Å². The number of para-hydroxylation sites is 1. The number of aromatic nitrogens is 3. The lowest BCUT2D eigenvalue weighted by Crippen LogP contribution is -2.25. The Bertz CT molecular complexity index is 979. The van der Waals surface area contributed by atoms with Gasteiger partial charge in [0.1, 0.15) is 0 Å². The number of benzene rings is 2. The van der Waals surface area contributed by atoms with Gasteiger partial charge in [0.2, 0.25) is 5.95 Å². The summed E-state index contributed by atoms with van der Waals surface area (Å²) in [6.07, 6.45) is 2.37. The molecule has 1 aromatic heterocycles. The predicted octanol–water partition coefficient (Wildman–Crippen LogP) is 4.12. The fourth-order valence-corrected chi connectivity index (χ4v) is 3.12. The number of rotatable bonds is 3. The molecule has 0 spiro atoms. The smallest absolute Gasteiger partial charge is 0.249 e. The summed E-state index contributed by atoms with van der Waals surface area (Å²) < 4.78 is 40.3. The van der Waals surface area contributed by atoms with Gasteiger partial charge in [-0.05, 0) is 37.1 Å². The van der Waals surface area contributed by atoms with Crippen molar-refractivity contribution in [2.45, 2.75) is 19.4 Å². The van der Waals surface area contributed by atoms with Gasteiger partial charge in [-0.2, -0.15) is 10.1 Å². The molecule has 0 fully saturated rings. The van der Waals surface area contributed by atoms with Gasteiger partial charge in [0, 0.05) is 11.7 Å². The zero-order valence-corrected chi connectivity index (χ0v) is 13.7. The maximum Gasteiger partial charge on any atom is 0.249 e. The molecule has 0 amide bonds. The van der Waals surface area contributed by atoms with Gasteiger partial charge < -0.3 is 10.2 Å². The van der Waals surface area contributed by atoms with Crippen molar-refractivity contribution >= 4 is 23.1 Å². The van der Waals surface area contributed by atoms with Crippen molar-refractivity contribution < 1.29 is 13.2 Å². The number of halogens is 3. The third kappa shape index (κ3) is 2.73. The Morgan fingerprint density at radius 2 is 1.88 bits per heavy atom. The summed E-state index contributed by atoms with van der Waals surface area (Å²) in [6.45, 7) is 2.06. The Balaban J connectivity index is 1.67. The van der Waals surface area contributed by atoms with E-state index in [9.17, 15) is 13.2 Å². The zero-order chi connectivity index (χ0) is 18.3. The summed E-state index contributed by atoms with van der Waals surface area (Å²) in [7, 11) is 0. The Hall–Kier alpha value is -3.16. The summed E-state index contributed by atoms with van der Waals surface area (Å²) in [4.78, 5) is 6.36. The molecule has 4 rings (SSSR count). The summed E-state index contributed by atoms with van der Waals surface area (Å²) in [5.74, 6) is -3.63. The average Bonchev–Trinajstić information content (AvgIpc) is 2.98. The second-order valence-corrected chi connectivity index (χ2v) is 6.04. The molecule has 0 bridgehead atoms. The van der Waals surface area contributed by atoms with Crippen LogP contribution in [0.3, 0.4) is 0 Å². The Morgan fingerprint density at radius 3 is 2.73 bits per heavy atom. The molecule has 1 unspecified atom stereocenters. The molecule has 1 aliphatic heterocycles. The first kappa shape index (κ1) is 16.3. The molecule has 5 nitrogen and oxygen atoms in total. The summed E-state index contributed by atoms with van der Waals surface area (Å²) in [6, 6.07) is 10.0. The fraction of sp³-hybridized carbons (Fsp3) is 0.167. The van der Waals surface area contributed by atoms with Crippen LogP contribution in [0.1, 0.15) is 12.5 Å². The zero-order valence-electron chi connectivity index (χ0n) is 13.7. The van der Waals surface area contributed by atoms with Gasteiger partial charge in [-0.15, -0.1) is 5.10 Å². The standard InChI is InChI=1S/C18H14F3N5/c1-10-8-11-4-2-3-5-14(11)26(10)15-9-22-25-18(24-15)23-13-7-6-12(19)16(20)17(13)21/h2-7,9-10H,8H2,1H3,(H,23,24,25). The highest BCUT2D eigenvalue weighted by Gasteiger charge is 2.28. The van der Waals surface area contributed by atoms with Gasteiger partial charge in [0.15, 0.2) is 23.3 Å². The van der Waals surface area contributed by atoms with Crippen molar-refractivity contribution in [3.63, 3.8) is 0 Å². The van der Waals surface area contributed by atoms with Crippen molar-refractivity contribution in [3.8, 4) is 0 Å². The Morgan fingerprint density at radius 1 is 1.08 bits per heavy atom. The summed E-state index contributed by atoms with van der Waals surface area (Å²) >= 11 is 0. The molecular weight excluding hydrogens is 343 g/mol. The normalized spacial score (nSPS) is 15.8. The largest absolute Gasteiger partial charge is 0.322 e. The Kier molecular flexibility index (Phi) is 3.95. The van der Waals surface area contributed by atoms with Crippen molar-refractivity contribution in [1.29, 1.82) is 0 Å². The van der Waals surface area contributed by atoms with Crippen molar-refractivity contribution in [2.24, 2.45) is 0 Å². The van der Waals surface area contributed by atoms with Crippen LogP contribution in [0.15, 0.2) is 42.6 Å². The number of nitrogens with zero attached hydrogens (tertiary/aromatic N) is 4. The van der Waals surface area contributed by atoms with E-state index in [2.05, 4.69) is 33.5 Å². The number of fused-ring (bicyclic) bond motifs is 1. The quantitative estimate of drug-likeness (QED) is 0.715. The van der Waals surface area contributed by atoms with Gasteiger partial charge in [-0.1, -0.05) is 18.2 Å². The molecule has 8 heteroatoms. The molecular formula is C18H14F3N5. The summed E-state index contributed by atoms with van der Waals surface area (Å²) in [5.41, 5.74) is 1.95. The van der Waals surface area contributed by atoms with E-state index in [0.29, 0.717) is 5.82 Å². The van der Waals surface area contributed by atoms with Crippen LogP contribution in [-0.4, -0.2) is 21.2 Å². The molecule has 0 saturated heterocycles. The van der Waals surface area contributed by atoms with Crippen molar-refractivity contribution in [2.75, 3.05) is 10.2 Å². The van der Waals surface area contributed by atoms with E-state index in [0.717, 1.165) is 24.2 Å². The molecule has 2 heterocycles. The van der Waals surface area contributed by atoms with Crippen LogP contribution in [0.5, 0.6) is 0 Å². The third-order valence-corrected chi connectivity index (χ3v) is 4.28. The highest BCUT2D eigenvalue weighted by molar-refractivity contribution is 5.69. The molecule has 132 valence electrons. The van der Waals surface area contributed by atoms with E-state index in [-0.39, 0.29) is 17.7 Å². The highest BCUT2D eigenvalue weighted by Crippen LogP contribution is 2.37. The SMILES string of the molecule is CC1Cc2ccccc2N1c1cnnc(Nc2ccc(F)c(F)c2F)n1. The second kappa shape index (κ2) is 6.29. The molecule has 0 saturated carbocycles. The summed E-state index contributed by atoms with van der Waals surface area (Å²) in [5, 5.41) is 10.2. The van der Waals surface area contributed by atoms with Crippen LogP contribution in [0.2, 0.25) is 0 Å². The average molecular weight is 357 g/mol. The van der Waals surface area contributed by atoms with Gasteiger partial charge in [0.25, 0.3) is 0 Å². The fourth-order valence-electron chi connectivity index (χ4n) is 3.12. The van der Waals surface area contributed by atoms with Crippen LogP contribution in [-0.2, 0) is 6.42 Å². The molecule has 0 aliphatic carbocycles. The minimum absolute atomic E-state index is 0.0102. The number of nitrogens with one attached hydrogen (secondary N) is 1. The predicted molar refractivity (Wildman–Crippen MR) is 91.2 cm³/mol. The minimum Gasteiger partial charge on any atom is -0.322 e. The molecule has 1 N–H and O–H groups in total. The van der Waals surface area contributed by atoms with E-state index < -0.39 is 17.5 Å². The Labute approximate surface area is 147 Å². The van der Waals surface area contributed by atoms with E-state index in [4.69, 9.17) is 0 Å². The number of anilines is 4. The van der Waals surface area contributed by atoms with Crippen molar-refractivity contribution in [3.05, 3.63) is 65.6 Å². The second-order valence-electron chi connectivity index (χ2n) is 6.04. The topological polar surface area (TPSA) is 53.9 Å². The number of hydrogen-bond donors (Lipinski definition) is 1. The van der Waals surface area contributed by atoms with Gasteiger partial charge in [-0.25, -0.2) is 13.2 Å². The van der Waals surface area contributed by atoms with Crippen molar-refractivity contribution in [1.82, 2.24) is 15.2 Å². The highest BCUT2D eigenvalue weighted by atomic mass is 19.2. The molecule has 0 radical (unpaired) electrons. The first-order valence-corrected chi connectivity index (χ1v) is 8.02. The molecule has 3 aromatic rings. The van der Waals surface area contributed by atoms with E-state index in [1.165, 1.54) is 11.8 Å². The maximum atomic E-state index is 13.8. The van der Waals surface area contributed by atoms with Gasteiger partial charge in [-0.3, -0.25) is 0 Å². The number of hydrogen-bond acceptors (Lipinski definition) is 5. The van der Waals surface area contributed by atoms with Gasteiger partial charge >= 0.3 is 0 Å². The van der Waals surface area contributed by atoms with Crippen LogP contribution in [0, 0.1) is 17.5 Å². The van der Waals surface area contributed by atoms with Crippen LogP contribution in [0.4, 0.5) is 36.3 Å². The first-order valence-electron chi connectivity index (χ1n) is 8.02. The lowest BCUT2D eigenvalue weighted by atomic mass is 10.1. The van der Waals surface area contributed by atoms with Crippen LogP contribution < -0.4 is 10.2 Å². The maximum absolute atomic E-state index is 13.8. The van der Waals surface area contributed by atoms with Crippen LogP contribution >= 0.6 is 0 Å². The minimum atomic E-state index is -1.55. The van der Waals surface area contributed by atoms with E-state index in [1.54, 1.807) is 0 Å². The van der Waals surface area contributed by atoms with Gasteiger partial charge in [0.05, 0.1) is 11.9 Å². The van der Waals surface area contributed by atoms with E-state index in [1.807, 2.05) is 23.1 Å². The third-order valence-electron chi connectivity index (χ3n) is 4.28. The monoisotopic (exact) mass is 357 g/mol. The molecule has 26 heavy (non-hydrogen) atoms. The molecule has 1 atom stereocenters. The lowest BCUT2D eigenvalue weighted by molar-refractivity contribution is 0.449. The van der Waals surface area contributed by atoms with E-state index >= 15 is 0 Å². The molecule has 1 aliphatic rings. The lowest BCUT2D eigenvalue weighted by Gasteiger charge is -2.23. The molecule has 2 aromatic carbocycles. The first-order chi connectivity index (χ1) is 12.5.